The molecule has 4 nitrogen and oxygen atoms in total. The molecule has 0 bridgehead atoms. The van der Waals surface area contributed by atoms with Crippen LogP contribution in [-0.4, -0.2) is 38.8 Å². The number of carbonyl (C=O) groups is 1. The lowest BCUT2D eigenvalue weighted by Gasteiger charge is -2.34. The first-order chi connectivity index (χ1) is 9.13. The first kappa shape index (κ1) is 14.0. The Balaban J connectivity index is 2.16. The van der Waals surface area contributed by atoms with E-state index in [0.29, 0.717) is 6.54 Å². The fourth-order valence-corrected chi connectivity index (χ4v) is 2.37. The molecule has 0 saturated carbocycles. The molecule has 1 aromatic carbocycles. The van der Waals surface area contributed by atoms with Crippen molar-refractivity contribution in [2.75, 3.05) is 31.6 Å². The van der Waals surface area contributed by atoms with Crippen molar-refractivity contribution >= 4 is 11.6 Å². The molecular weight excluding hydrogens is 240 g/mol. The van der Waals surface area contributed by atoms with E-state index >= 15 is 0 Å². The summed E-state index contributed by atoms with van der Waals surface area (Å²) in [5.74, 6) is 0.0504. The van der Waals surface area contributed by atoms with Gasteiger partial charge in [-0.3, -0.25) is 4.79 Å². The molecule has 1 amide bonds. The predicted octanol–water partition coefficient (Wildman–Crippen LogP) is 1.64. The Kier molecular flexibility index (Phi) is 4.56. The van der Waals surface area contributed by atoms with Gasteiger partial charge in [0.2, 0.25) is 0 Å². The monoisotopic (exact) mass is 262 g/mol. The molecular formula is C15H22N2O2. The van der Waals surface area contributed by atoms with Crippen LogP contribution in [0.4, 0.5) is 5.69 Å². The van der Waals surface area contributed by atoms with Crippen molar-refractivity contribution in [3.05, 3.63) is 29.3 Å². The molecule has 1 aromatic rings. The summed E-state index contributed by atoms with van der Waals surface area (Å²) in [6.07, 6.45) is 1.04. The van der Waals surface area contributed by atoms with E-state index < -0.39 is 0 Å². The number of amides is 1. The molecule has 1 aliphatic rings. The minimum Gasteiger partial charge on any atom is -0.366 e. The summed E-state index contributed by atoms with van der Waals surface area (Å²) >= 11 is 0. The summed E-state index contributed by atoms with van der Waals surface area (Å²) in [6, 6.07) is 6.09. The minimum atomic E-state index is 0.0504. The number of nitrogens with zero attached hydrogens (tertiary/aromatic N) is 1. The normalized spacial score (nSPS) is 19.8. The lowest BCUT2D eigenvalue weighted by molar-refractivity contribution is -0.129. The molecule has 19 heavy (non-hydrogen) atoms. The zero-order valence-corrected chi connectivity index (χ0v) is 11.9. The van der Waals surface area contributed by atoms with Gasteiger partial charge in [0.1, 0.15) is 6.61 Å². The molecule has 0 spiro atoms. The highest BCUT2D eigenvalue weighted by atomic mass is 16.5. The van der Waals surface area contributed by atoms with Crippen LogP contribution in [0.2, 0.25) is 0 Å². The third kappa shape index (κ3) is 3.14. The van der Waals surface area contributed by atoms with Crippen molar-refractivity contribution in [3.8, 4) is 0 Å². The number of rotatable bonds is 4. The number of benzene rings is 1. The Morgan fingerprint density at radius 2 is 2.21 bits per heavy atom. The van der Waals surface area contributed by atoms with Crippen LogP contribution in [0.3, 0.4) is 0 Å². The van der Waals surface area contributed by atoms with Crippen LogP contribution in [-0.2, 0) is 9.53 Å². The maximum Gasteiger partial charge on any atom is 0.253 e. The highest BCUT2D eigenvalue weighted by molar-refractivity contribution is 5.95. The molecule has 1 atom stereocenters. The van der Waals surface area contributed by atoms with E-state index in [4.69, 9.17) is 4.74 Å². The Morgan fingerprint density at radius 1 is 1.42 bits per heavy atom. The Bertz CT molecular complexity index is 459. The number of carbonyl (C=O) groups excluding carboxylic acids is 1. The molecule has 0 radical (unpaired) electrons. The van der Waals surface area contributed by atoms with Crippen LogP contribution in [0.15, 0.2) is 18.2 Å². The molecule has 0 aliphatic carbocycles. The number of hydrogen-bond donors (Lipinski definition) is 1. The first-order valence-corrected chi connectivity index (χ1v) is 6.76. The Hall–Kier alpha value is -1.39. The summed E-state index contributed by atoms with van der Waals surface area (Å²) < 4.78 is 5.58. The maximum absolute atomic E-state index is 12.1. The number of aryl methyl sites for hydroxylation is 1. The molecule has 1 fully saturated rings. The fraction of sp³-hybridized carbons (Fsp3) is 0.533. The van der Waals surface area contributed by atoms with Crippen molar-refractivity contribution in [1.29, 1.82) is 0 Å². The van der Waals surface area contributed by atoms with Gasteiger partial charge in [0.15, 0.2) is 0 Å². The van der Waals surface area contributed by atoms with Gasteiger partial charge in [-0.25, -0.2) is 0 Å². The van der Waals surface area contributed by atoms with E-state index in [1.165, 1.54) is 11.1 Å². The Morgan fingerprint density at radius 3 is 2.95 bits per heavy atom. The maximum atomic E-state index is 12.1. The van der Waals surface area contributed by atoms with Gasteiger partial charge in [0, 0.05) is 5.69 Å². The molecule has 2 rings (SSSR count). The molecule has 1 heterocycles. The van der Waals surface area contributed by atoms with Crippen molar-refractivity contribution in [3.63, 3.8) is 0 Å². The van der Waals surface area contributed by atoms with Crippen molar-refractivity contribution in [2.45, 2.75) is 26.4 Å². The zero-order valence-electron chi connectivity index (χ0n) is 11.9. The number of nitrogens with one attached hydrogen (secondary N) is 1. The van der Waals surface area contributed by atoms with E-state index in [-0.39, 0.29) is 18.6 Å². The summed E-state index contributed by atoms with van der Waals surface area (Å²) in [5, 5.41) is 3.12. The summed E-state index contributed by atoms with van der Waals surface area (Å²) in [6.45, 7) is 5.87. The third-order valence-corrected chi connectivity index (χ3v) is 3.71. The van der Waals surface area contributed by atoms with E-state index in [9.17, 15) is 4.79 Å². The van der Waals surface area contributed by atoms with Gasteiger partial charge in [-0.05, 0) is 51.1 Å². The molecule has 104 valence electrons. The van der Waals surface area contributed by atoms with E-state index in [1.807, 2.05) is 24.1 Å². The van der Waals surface area contributed by atoms with Crippen molar-refractivity contribution in [1.82, 2.24) is 5.32 Å². The van der Waals surface area contributed by atoms with Gasteiger partial charge in [-0.15, -0.1) is 0 Å². The van der Waals surface area contributed by atoms with Crippen LogP contribution in [0, 0.1) is 13.8 Å². The largest absolute Gasteiger partial charge is 0.366 e. The fourth-order valence-electron chi connectivity index (χ4n) is 2.37. The standard InChI is InChI=1S/C15H22N2O2/c1-11-5-4-6-14(12(11)2)17-9-13(7-8-16-3)19-10-15(17)18/h4-6,13,16H,7-10H2,1-3H3. The average Bonchev–Trinajstić information content (AvgIpc) is 2.41. The van der Waals surface area contributed by atoms with Gasteiger partial charge in [0.25, 0.3) is 5.91 Å². The summed E-state index contributed by atoms with van der Waals surface area (Å²) in [7, 11) is 1.93. The lowest BCUT2D eigenvalue weighted by atomic mass is 10.1. The van der Waals surface area contributed by atoms with Crippen LogP contribution >= 0.6 is 0 Å². The summed E-state index contributed by atoms with van der Waals surface area (Å²) in [5.41, 5.74) is 3.40. The van der Waals surface area contributed by atoms with Gasteiger partial charge >= 0.3 is 0 Å². The first-order valence-electron chi connectivity index (χ1n) is 6.76. The highest BCUT2D eigenvalue weighted by Gasteiger charge is 2.27. The van der Waals surface area contributed by atoms with Gasteiger partial charge in [-0.2, -0.15) is 0 Å². The number of morpholine rings is 1. The van der Waals surface area contributed by atoms with Gasteiger partial charge in [-0.1, -0.05) is 12.1 Å². The molecule has 1 unspecified atom stereocenters. The van der Waals surface area contributed by atoms with E-state index in [0.717, 1.165) is 18.7 Å². The van der Waals surface area contributed by atoms with Gasteiger partial charge < -0.3 is 15.0 Å². The number of ether oxygens (including phenoxy) is 1. The summed E-state index contributed by atoms with van der Waals surface area (Å²) in [4.78, 5) is 13.9. The van der Waals surface area contributed by atoms with Crippen LogP contribution in [0.5, 0.6) is 0 Å². The van der Waals surface area contributed by atoms with Crippen LogP contribution in [0.1, 0.15) is 17.5 Å². The van der Waals surface area contributed by atoms with E-state index in [1.54, 1.807) is 0 Å². The molecule has 1 aliphatic heterocycles. The molecule has 0 aromatic heterocycles. The van der Waals surface area contributed by atoms with Gasteiger partial charge in [0.05, 0.1) is 12.6 Å². The zero-order chi connectivity index (χ0) is 13.8. The smallest absolute Gasteiger partial charge is 0.253 e. The van der Waals surface area contributed by atoms with Crippen molar-refractivity contribution < 1.29 is 9.53 Å². The second-order valence-corrected chi connectivity index (χ2v) is 5.05. The molecule has 4 heteroatoms. The number of hydrogen-bond acceptors (Lipinski definition) is 3. The highest BCUT2D eigenvalue weighted by Crippen LogP contribution is 2.25. The SMILES string of the molecule is CNCCC1CN(c2cccc(C)c2C)C(=O)CO1. The topological polar surface area (TPSA) is 41.6 Å². The quantitative estimate of drug-likeness (QED) is 0.897. The minimum absolute atomic E-state index is 0.0504. The number of anilines is 1. The second-order valence-electron chi connectivity index (χ2n) is 5.05. The van der Waals surface area contributed by atoms with Crippen molar-refractivity contribution in [2.24, 2.45) is 0 Å². The van der Waals surface area contributed by atoms with Crippen LogP contribution in [0.25, 0.3) is 0 Å². The predicted molar refractivity (Wildman–Crippen MR) is 76.6 cm³/mol. The third-order valence-electron chi connectivity index (χ3n) is 3.71. The lowest BCUT2D eigenvalue weighted by Crippen LogP contribution is -2.47. The second kappa shape index (κ2) is 6.17. The molecule has 1 saturated heterocycles. The van der Waals surface area contributed by atoms with Crippen LogP contribution < -0.4 is 10.2 Å². The van der Waals surface area contributed by atoms with E-state index in [2.05, 4.69) is 25.2 Å². The average molecular weight is 262 g/mol. The molecule has 1 N–H and O–H groups in total. The Labute approximate surface area is 114 Å².